The van der Waals surface area contributed by atoms with Crippen molar-refractivity contribution < 1.29 is 14.3 Å². The maximum Gasteiger partial charge on any atom is 0.252 e. The van der Waals surface area contributed by atoms with Gasteiger partial charge in [-0.15, -0.1) is 0 Å². The van der Waals surface area contributed by atoms with Crippen molar-refractivity contribution in [2.45, 2.75) is 31.2 Å². The number of benzene rings is 1. The van der Waals surface area contributed by atoms with Crippen LogP contribution in [0.25, 0.3) is 0 Å². The molecular formula is C20H24N4O4. The first-order valence-corrected chi connectivity index (χ1v) is 9.53. The van der Waals surface area contributed by atoms with E-state index in [2.05, 4.69) is 15.3 Å². The number of carbonyl (C=O) groups excluding carboxylic acids is 1. The molecule has 2 aliphatic rings. The van der Waals surface area contributed by atoms with Crippen molar-refractivity contribution in [1.29, 1.82) is 0 Å². The summed E-state index contributed by atoms with van der Waals surface area (Å²) in [4.78, 5) is 33.9. The number of aromatic amines is 1. The standard InChI is InChI=1S/C20H24N4O4/c1-27-17-5-3-2-4-16(17)24-12-13(10-19(24)26)15-11-18(25)23-20(22-15)21-14-6-8-28-9-7-14/h2-5,11,13-14H,6-10,12H2,1H3,(H2,21,22,23,25)/t13-/m0/s1. The van der Waals surface area contributed by atoms with Crippen LogP contribution in [0.5, 0.6) is 5.75 Å². The predicted molar refractivity (Wildman–Crippen MR) is 105 cm³/mol. The summed E-state index contributed by atoms with van der Waals surface area (Å²) in [6.07, 6.45) is 2.06. The largest absolute Gasteiger partial charge is 0.495 e. The van der Waals surface area contributed by atoms with E-state index in [1.165, 1.54) is 6.07 Å². The van der Waals surface area contributed by atoms with Crippen LogP contribution < -0.4 is 20.5 Å². The van der Waals surface area contributed by atoms with Crippen LogP contribution in [-0.4, -0.2) is 48.8 Å². The smallest absolute Gasteiger partial charge is 0.252 e. The Morgan fingerprint density at radius 1 is 1.25 bits per heavy atom. The Hall–Kier alpha value is -2.87. The SMILES string of the molecule is COc1ccccc1N1C[C@@H](c2cc(=O)[nH]c(NC3CCOCC3)n2)CC1=O. The van der Waals surface area contributed by atoms with Crippen LogP contribution in [0, 0.1) is 0 Å². The van der Waals surface area contributed by atoms with Crippen LogP contribution in [0.2, 0.25) is 0 Å². The highest BCUT2D eigenvalue weighted by atomic mass is 16.5. The third-order valence-corrected chi connectivity index (χ3v) is 5.24. The lowest BCUT2D eigenvalue weighted by Crippen LogP contribution is -2.30. The normalized spacial score (nSPS) is 20.4. The van der Waals surface area contributed by atoms with E-state index in [9.17, 15) is 9.59 Å². The Morgan fingerprint density at radius 2 is 2.04 bits per heavy atom. The molecule has 8 nitrogen and oxygen atoms in total. The minimum atomic E-state index is -0.220. The van der Waals surface area contributed by atoms with E-state index in [4.69, 9.17) is 9.47 Å². The van der Waals surface area contributed by atoms with Gasteiger partial charge in [-0.05, 0) is 25.0 Å². The lowest BCUT2D eigenvalue weighted by molar-refractivity contribution is -0.117. The molecule has 1 aromatic carbocycles. The third-order valence-electron chi connectivity index (χ3n) is 5.24. The number of amides is 1. The molecule has 0 aliphatic carbocycles. The molecule has 1 amide bonds. The molecule has 0 spiro atoms. The van der Waals surface area contributed by atoms with Crippen molar-refractivity contribution in [1.82, 2.24) is 9.97 Å². The Labute approximate surface area is 162 Å². The van der Waals surface area contributed by atoms with Crippen molar-refractivity contribution >= 4 is 17.5 Å². The average Bonchev–Trinajstić information content (AvgIpc) is 3.10. The topological polar surface area (TPSA) is 96.6 Å². The summed E-state index contributed by atoms with van der Waals surface area (Å²) in [7, 11) is 1.59. The fraction of sp³-hybridized carbons (Fsp3) is 0.450. The lowest BCUT2D eigenvalue weighted by Gasteiger charge is -2.23. The molecule has 1 atom stereocenters. The summed E-state index contributed by atoms with van der Waals surface area (Å²) in [6.45, 7) is 1.87. The monoisotopic (exact) mass is 384 g/mol. The minimum Gasteiger partial charge on any atom is -0.495 e. The number of hydrogen-bond donors (Lipinski definition) is 2. The highest BCUT2D eigenvalue weighted by molar-refractivity contribution is 5.97. The van der Waals surface area contributed by atoms with E-state index in [-0.39, 0.29) is 23.4 Å². The van der Waals surface area contributed by atoms with E-state index in [0.717, 1.165) is 18.5 Å². The van der Waals surface area contributed by atoms with E-state index in [1.807, 2.05) is 24.3 Å². The van der Waals surface area contributed by atoms with Gasteiger partial charge in [0.2, 0.25) is 11.9 Å². The molecule has 2 aromatic rings. The fourth-order valence-corrected chi connectivity index (χ4v) is 3.78. The summed E-state index contributed by atoms with van der Waals surface area (Å²) < 4.78 is 10.8. The van der Waals surface area contributed by atoms with Gasteiger partial charge in [-0.2, -0.15) is 0 Å². The zero-order valence-electron chi connectivity index (χ0n) is 15.8. The number of rotatable bonds is 5. The molecule has 1 aromatic heterocycles. The molecule has 4 rings (SSSR count). The van der Waals surface area contributed by atoms with Crippen molar-refractivity contribution in [3.63, 3.8) is 0 Å². The Kier molecular flexibility index (Phi) is 5.29. The summed E-state index contributed by atoms with van der Waals surface area (Å²) in [5, 5.41) is 3.29. The highest BCUT2D eigenvalue weighted by Gasteiger charge is 2.34. The molecule has 148 valence electrons. The first-order chi connectivity index (χ1) is 13.6. The summed E-state index contributed by atoms with van der Waals surface area (Å²) in [5.41, 5.74) is 1.15. The van der Waals surface area contributed by atoms with Crippen LogP contribution in [0.1, 0.15) is 30.9 Å². The number of anilines is 2. The second-order valence-electron chi connectivity index (χ2n) is 7.13. The van der Waals surface area contributed by atoms with Crippen molar-refractivity contribution in [3.8, 4) is 5.75 Å². The zero-order valence-corrected chi connectivity index (χ0v) is 15.8. The molecule has 3 heterocycles. The summed E-state index contributed by atoms with van der Waals surface area (Å²) in [5.74, 6) is 0.959. The van der Waals surface area contributed by atoms with Gasteiger partial charge in [0.25, 0.3) is 5.56 Å². The lowest BCUT2D eigenvalue weighted by atomic mass is 10.0. The number of nitrogens with one attached hydrogen (secondary N) is 2. The molecule has 0 radical (unpaired) electrons. The fourth-order valence-electron chi connectivity index (χ4n) is 3.78. The summed E-state index contributed by atoms with van der Waals surface area (Å²) in [6, 6.07) is 9.15. The molecule has 8 heteroatoms. The second kappa shape index (κ2) is 8.02. The van der Waals surface area contributed by atoms with Gasteiger partial charge in [-0.1, -0.05) is 12.1 Å². The first-order valence-electron chi connectivity index (χ1n) is 9.53. The van der Waals surface area contributed by atoms with Crippen LogP contribution in [-0.2, 0) is 9.53 Å². The number of ether oxygens (including phenoxy) is 2. The first kappa shape index (κ1) is 18.5. The van der Waals surface area contributed by atoms with E-state index in [0.29, 0.717) is 43.6 Å². The van der Waals surface area contributed by atoms with Gasteiger partial charge in [-0.3, -0.25) is 14.6 Å². The molecule has 0 saturated carbocycles. The maximum absolute atomic E-state index is 12.6. The third kappa shape index (κ3) is 3.87. The van der Waals surface area contributed by atoms with Gasteiger partial charge in [0.05, 0.1) is 18.5 Å². The molecule has 0 bridgehead atoms. The molecule has 2 fully saturated rings. The number of nitrogens with zero attached hydrogens (tertiary/aromatic N) is 2. The van der Waals surface area contributed by atoms with Gasteiger partial charge in [0.1, 0.15) is 5.75 Å². The van der Waals surface area contributed by atoms with Crippen molar-refractivity contribution in [3.05, 3.63) is 46.4 Å². The number of methoxy groups -OCH3 is 1. The van der Waals surface area contributed by atoms with Gasteiger partial charge >= 0.3 is 0 Å². The van der Waals surface area contributed by atoms with Crippen LogP contribution in [0.3, 0.4) is 0 Å². The molecule has 28 heavy (non-hydrogen) atoms. The number of carbonyl (C=O) groups is 1. The van der Waals surface area contributed by atoms with Crippen molar-refractivity contribution in [2.24, 2.45) is 0 Å². The van der Waals surface area contributed by atoms with Gasteiger partial charge in [-0.25, -0.2) is 4.98 Å². The van der Waals surface area contributed by atoms with E-state index >= 15 is 0 Å². The highest BCUT2D eigenvalue weighted by Crippen LogP contribution is 2.35. The minimum absolute atomic E-state index is 0.00415. The Bertz CT molecular complexity index is 907. The Morgan fingerprint density at radius 3 is 2.82 bits per heavy atom. The zero-order chi connectivity index (χ0) is 19.5. The number of para-hydroxylation sites is 2. The summed E-state index contributed by atoms with van der Waals surface area (Å²) >= 11 is 0. The van der Waals surface area contributed by atoms with Crippen LogP contribution in [0.4, 0.5) is 11.6 Å². The van der Waals surface area contributed by atoms with E-state index in [1.54, 1.807) is 12.0 Å². The number of H-pyrrole nitrogens is 1. The Balaban J connectivity index is 1.54. The average molecular weight is 384 g/mol. The molecular weight excluding hydrogens is 360 g/mol. The van der Waals surface area contributed by atoms with Crippen LogP contribution in [0.15, 0.2) is 35.1 Å². The number of hydrogen-bond acceptors (Lipinski definition) is 6. The molecule has 2 saturated heterocycles. The molecule has 2 aliphatic heterocycles. The number of aromatic nitrogens is 2. The van der Waals surface area contributed by atoms with E-state index < -0.39 is 0 Å². The van der Waals surface area contributed by atoms with Gasteiger partial charge in [0, 0.05) is 44.2 Å². The quantitative estimate of drug-likeness (QED) is 0.817. The van der Waals surface area contributed by atoms with Gasteiger partial charge in [0.15, 0.2) is 0 Å². The van der Waals surface area contributed by atoms with Gasteiger partial charge < -0.3 is 19.7 Å². The predicted octanol–water partition coefficient (Wildman–Crippen LogP) is 1.89. The van der Waals surface area contributed by atoms with Crippen molar-refractivity contribution in [2.75, 3.05) is 37.1 Å². The maximum atomic E-state index is 12.6. The van der Waals surface area contributed by atoms with Crippen LogP contribution >= 0.6 is 0 Å². The molecule has 2 N–H and O–H groups in total. The second-order valence-corrected chi connectivity index (χ2v) is 7.13. The molecule has 0 unspecified atom stereocenters.